The van der Waals surface area contributed by atoms with E-state index in [-0.39, 0.29) is 11.5 Å². The van der Waals surface area contributed by atoms with Crippen molar-refractivity contribution < 1.29 is 8.78 Å². The van der Waals surface area contributed by atoms with Crippen LogP contribution in [0.4, 0.5) is 8.78 Å². The Morgan fingerprint density at radius 3 is 2.61 bits per heavy atom. The number of pyridine rings is 1. The molecule has 1 unspecified atom stereocenters. The van der Waals surface area contributed by atoms with E-state index in [1.807, 2.05) is 0 Å². The van der Waals surface area contributed by atoms with E-state index in [0.29, 0.717) is 40.6 Å². The molecule has 2 aliphatic carbocycles. The SMILES string of the molecule is Cc1nc(C2C[C@@H]3[C@H](C2)C3(F)F)c(-c2ccc(Cl)nc2)c(=O)[nH]1. The second kappa shape index (κ2) is 4.84. The molecule has 23 heavy (non-hydrogen) atoms. The molecule has 2 heterocycles. The van der Waals surface area contributed by atoms with Crippen LogP contribution in [0.5, 0.6) is 0 Å². The summed E-state index contributed by atoms with van der Waals surface area (Å²) in [5.41, 5.74) is 1.34. The third kappa shape index (κ3) is 2.27. The Labute approximate surface area is 135 Å². The minimum absolute atomic E-state index is 0.115. The maximum Gasteiger partial charge on any atom is 0.259 e. The lowest BCUT2D eigenvalue weighted by molar-refractivity contribution is 0.0693. The van der Waals surface area contributed by atoms with E-state index < -0.39 is 17.8 Å². The van der Waals surface area contributed by atoms with Crippen LogP contribution in [-0.4, -0.2) is 20.9 Å². The first-order valence-electron chi connectivity index (χ1n) is 7.48. The van der Waals surface area contributed by atoms with Crippen LogP contribution < -0.4 is 5.56 Å². The fourth-order valence-corrected chi connectivity index (χ4v) is 3.85. The van der Waals surface area contributed by atoms with Crippen molar-refractivity contribution in [2.45, 2.75) is 31.6 Å². The van der Waals surface area contributed by atoms with E-state index >= 15 is 0 Å². The summed E-state index contributed by atoms with van der Waals surface area (Å²) in [6.07, 6.45) is 2.26. The van der Waals surface area contributed by atoms with Crippen LogP contribution in [0.15, 0.2) is 23.1 Å². The minimum Gasteiger partial charge on any atom is -0.310 e. The number of aromatic amines is 1. The van der Waals surface area contributed by atoms with Gasteiger partial charge < -0.3 is 4.98 Å². The van der Waals surface area contributed by atoms with Crippen LogP contribution in [0.2, 0.25) is 5.15 Å². The molecule has 4 nitrogen and oxygen atoms in total. The molecule has 1 N–H and O–H groups in total. The fraction of sp³-hybridized carbons (Fsp3) is 0.438. The average molecular weight is 338 g/mol. The zero-order valence-corrected chi connectivity index (χ0v) is 13.1. The largest absolute Gasteiger partial charge is 0.310 e. The van der Waals surface area contributed by atoms with Gasteiger partial charge in [0.05, 0.1) is 11.3 Å². The van der Waals surface area contributed by atoms with Crippen molar-refractivity contribution in [1.82, 2.24) is 15.0 Å². The number of halogens is 3. The molecular formula is C16H14ClF2N3O. The highest BCUT2D eigenvalue weighted by Gasteiger charge is 2.71. The zero-order chi connectivity index (χ0) is 16.4. The number of nitrogens with zero attached hydrogens (tertiary/aromatic N) is 2. The molecule has 0 bridgehead atoms. The number of rotatable bonds is 2. The van der Waals surface area contributed by atoms with Crippen molar-refractivity contribution in [3.8, 4) is 11.1 Å². The molecule has 0 aliphatic heterocycles. The van der Waals surface area contributed by atoms with E-state index in [4.69, 9.17) is 11.6 Å². The van der Waals surface area contributed by atoms with Gasteiger partial charge in [0.25, 0.3) is 11.5 Å². The molecule has 0 aromatic carbocycles. The third-order valence-corrected chi connectivity index (χ3v) is 5.13. The van der Waals surface area contributed by atoms with Gasteiger partial charge >= 0.3 is 0 Å². The van der Waals surface area contributed by atoms with E-state index in [0.717, 1.165) is 0 Å². The topological polar surface area (TPSA) is 58.6 Å². The summed E-state index contributed by atoms with van der Waals surface area (Å²) >= 11 is 5.79. The lowest BCUT2D eigenvalue weighted by atomic mass is 9.92. The van der Waals surface area contributed by atoms with Crippen LogP contribution in [0.1, 0.15) is 30.3 Å². The Bertz CT molecular complexity index is 820. The van der Waals surface area contributed by atoms with Crippen LogP contribution in [0, 0.1) is 18.8 Å². The number of hydrogen-bond donors (Lipinski definition) is 1. The lowest BCUT2D eigenvalue weighted by Gasteiger charge is -2.17. The summed E-state index contributed by atoms with van der Waals surface area (Å²) in [4.78, 5) is 23.6. The summed E-state index contributed by atoms with van der Waals surface area (Å²) in [7, 11) is 0. The predicted octanol–water partition coefficient (Wildman–Crippen LogP) is 3.55. The molecule has 2 aromatic rings. The average Bonchev–Trinajstić information content (AvgIpc) is 2.87. The van der Waals surface area contributed by atoms with Crippen molar-refractivity contribution in [2.75, 3.05) is 0 Å². The zero-order valence-electron chi connectivity index (χ0n) is 12.3. The van der Waals surface area contributed by atoms with Crippen LogP contribution in [0.25, 0.3) is 11.1 Å². The van der Waals surface area contributed by atoms with Gasteiger partial charge in [-0.1, -0.05) is 11.6 Å². The van der Waals surface area contributed by atoms with Gasteiger partial charge in [-0.05, 0) is 31.9 Å². The molecule has 120 valence electrons. The van der Waals surface area contributed by atoms with E-state index in [2.05, 4.69) is 15.0 Å². The number of fused-ring (bicyclic) bond motifs is 1. The molecular weight excluding hydrogens is 324 g/mol. The van der Waals surface area contributed by atoms with Crippen molar-refractivity contribution in [1.29, 1.82) is 0 Å². The highest BCUT2D eigenvalue weighted by atomic mass is 35.5. The Morgan fingerprint density at radius 2 is 2.00 bits per heavy atom. The number of aryl methyl sites for hydroxylation is 1. The smallest absolute Gasteiger partial charge is 0.259 e. The molecule has 3 atom stereocenters. The first-order chi connectivity index (χ1) is 10.9. The molecule has 2 aromatic heterocycles. The minimum atomic E-state index is -2.53. The van der Waals surface area contributed by atoms with Gasteiger partial charge in [-0.25, -0.2) is 18.7 Å². The third-order valence-electron chi connectivity index (χ3n) is 4.91. The number of alkyl halides is 2. The normalized spacial score (nSPS) is 27.7. The predicted molar refractivity (Wildman–Crippen MR) is 81.7 cm³/mol. The van der Waals surface area contributed by atoms with E-state index in [1.165, 1.54) is 6.20 Å². The van der Waals surface area contributed by atoms with Crippen LogP contribution >= 0.6 is 11.6 Å². The monoisotopic (exact) mass is 337 g/mol. The molecule has 2 aliphatic rings. The summed E-state index contributed by atoms with van der Waals surface area (Å²) < 4.78 is 26.9. The molecule has 2 saturated carbocycles. The summed E-state index contributed by atoms with van der Waals surface area (Å²) in [6.45, 7) is 1.69. The van der Waals surface area contributed by atoms with Gasteiger partial charge in [-0.3, -0.25) is 4.79 Å². The van der Waals surface area contributed by atoms with E-state index in [9.17, 15) is 13.6 Å². The Morgan fingerprint density at radius 1 is 1.30 bits per heavy atom. The molecule has 7 heteroatoms. The molecule has 4 rings (SSSR count). The summed E-state index contributed by atoms with van der Waals surface area (Å²) in [5, 5.41) is 0.327. The number of hydrogen-bond acceptors (Lipinski definition) is 3. The van der Waals surface area contributed by atoms with Crippen molar-refractivity contribution in [2.24, 2.45) is 11.8 Å². The highest BCUT2D eigenvalue weighted by Crippen LogP contribution is 2.67. The maximum atomic E-state index is 13.4. The number of nitrogens with one attached hydrogen (secondary N) is 1. The number of aromatic nitrogens is 3. The van der Waals surface area contributed by atoms with E-state index in [1.54, 1.807) is 19.1 Å². The van der Waals surface area contributed by atoms with Crippen molar-refractivity contribution in [3.05, 3.63) is 45.4 Å². The maximum absolute atomic E-state index is 13.4. The molecule has 0 saturated heterocycles. The van der Waals surface area contributed by atoms with Gasteiger partial charge in [0.1, 0.15) is 11.0 Å². The van der Waals surface area contributed by atoms with Gasteiger partial charge in [0.2, 0.25) is 0 Å². The Balaban J connectivity index is 1.78. The first-order valence-corrected chi connectivity index (χ1v) is 7.86. The van der Waals surface area contributed by atoms with Gasteiger partial charge in [-0.15, -0.1) is 0 Å². The van der Waals surface area contributed by atoms with Crippen molar-refractivity contribution in [3.63, 3.8) is 0 Å². The fourth-order valence-electron chi connectivity index (χ4n) is 3.74. The first kappa shape index (κ1) is 14.8. The lowest BCUT2D eigenvalue weighted by Crippen LogP contribution is -2.19. The Hall–Kier alpha value is -1.82. The quantitative estimate of drug-likeness (QED) is 0.852. The standard InChI is InChI=1S/C16H14ClF2N3O/c1-7-21-14(9-4-10-11(5-9)16(10,18)19)13(15(23)22-7)8-2-3-12(17)20-6-8/h2-3,6,9-11H,4-5H2,1H3,(H,21,22,23)/t9?,10-,11+. The van der Waals surface area contributed by atoms with Crippen LogP contribution in [-0.2, 0) is 0 Å². The van der Waals surface area contributed by atoms with Gasteiger partial charge in [-0.2, -0.15) is 0 Å². The molecule has 0 amide bonds. The highest BCUT2D eigenvalue weighted by molar-refractivity contribution is 6.29. The van der Waals surface area contributed by atoms with Crippen LogP contribution in [0.3, 0.4) is 0 Å². The van der Waals surface area contributed by atoms with Gasteiger partial charge in [0.15, 0.2) is 0 Å². The second-order valence-corrected chi connectivity index (χ2v) is 6.72. The summed E-state index contributed by atoms with van der Waals surface area (Å²) in [5.74, 6) is -3.29. The van der Waals surface area contributed by atoms with Crippen molar-refractivity contribution >= 4 is 11.6 Å². The molecule has 0 radical (unpaired) electrons. The summed E-state index contributed by atoms with van der Waals surface area (Å²) in [6, 6.07) is 3.30. The molecule has 2 fully saturated rings. The van der Waals surface area contributed by atoms with Gasteiger partial charge in [0, 0.05) is 29.5 Å². The molecule has 0 spiro atoms. The Kier molecular flexibility index (Phi) is 3.10. The second-order valence-electron chi connectivity index (χ2n) is 6.34. The number of H-pyrrole nitrogens is 1.